The molecule has 2 N–H and O–H groups in total. The molecular weight excluding hydrogens is 550 g/mol. The predicted molar refractivity (Wildman–Crippen MR) is 150 cm³/mol. The van der Waals surface area contributed by atoms with Crippen molar-refractivity contribution in [2.75, 3.05) is 18.4 Å². The van der Waals surface area contributed by atoms with Crippen molar-refractivity contribution in [1.82, 2.24) is 19.9 Å². The summed E-state index contributed by atoms with van der Waals surface area (Å²) in [7, 11) is -2.75. The average Bonchev–Trinajstić information content (AvgIpc) is 2.94. The molecule has 2 aromatic carbocycles. The zero-order valence-electron chi connectivity index (χ0n) is 22.9. The van der Waals surface area contributed by atoms with Gasteiger partial charge in [-0.1, -0.05) is 45.0 Å². The Labute approximate surface area is 237 Å². The molecule has 0 saturated carbocycles. The number of nitrogens with zero attached hydrogens (tertiary/aromatic N) is 4. The third-order valence-corrected chi connectivity index (χ3v) is 7.05. The third kappa shape index (κ3) is 7.25. The van der Waals surface area contributed by atoms with Crippen LogP contribution < -0.4 is 18.9 Å². The third-order valence-electron chi connectivity index (χ3n) is 5.70. The first-order valence-corrected chi connectivity index (χ1v) is 13.9. The number of para-hydroxylation sites is 2. The molecule has 12 nitrogen and oxygen atoms in total. The molecule has 13 heteroatoms. The highest BCUT2D eigenvalue weighted by atomic mass is 32.2. The van der Waals surface area contributed by atoms with Crippen LogP contribution in [-0.4, -0.2) is 53.1 Å². The Morgan fingerprint density at radius 3 is 2.20 bits per heavy atom. The molecule has 0 saturated heterocycles. The summed E-state index contributed by atoms with van der Waals surface area (Å²) < 4.78 is 46.7. The zero-order valence-corrected chi connectivity index (χ0v) is 23.7. The van der Waals surface area contributed by atoms with Gasteiger partial charge in [-0.3, -0.25) is 9.52 Å². The second-order valence-electron chi connectivity index (χ2n) is 9.73. The number of carboxylic acid groups (broad SMARTS) is 1. The minimum atomic E-state index is -4.20. The summed E-state index contributed by atoms with van der Waals surface area (Å²) in [5.41, 5.74) is 0.779. The van der Waals surface area contributed by atoms with E-state index in [2.05, 4.69) is 24.7 Å². The number of hydrogen-bond acceptors (Lipinski definition) is 10. The molecule has 4 aromatic rings. The molecule has 0 radical (unpaired) electrons. The smallest absolute Gasteiger partial charge is 0.306 e. The number of hydrogen-bond donors (Lipinski definition) is 2. The van der Waals surface area contributed by atoms with Crippen molar-refractivity contribution in [3.8, 4) is 34.8 Å². The highest BCUT2D eigenvalue weighted by Gasteiger charge is 2.26. The highest BCUT2D eigenvalue weighted by Crippen LogP contribution is 2.41. The van der Waals surface area contributed by atoms with Crippen molar-refractivity contribution >= 4 is 21.8 Å². The van der Waals surface area contributed by atoms with Crippen molar-refractivity contribution in [2.24, 2.45) is 0 Å². The van der Waals surface area contributed by atoms with Crippen LogP contribution in [0.3, 0.4) is 0 Å². The lowest BCUT2D eigenvalue weighted by atomic mass is 9.87. The molecule has 0 aliphatic rings. The minimum Gasteiger partial charge on any atom is -0.493 e. The van der Waals surface area contributed by atoms with Crippen LogP contribution in [0.15, 0.2) is 71.9 Å². The molecule has 0 spiro atoms. The Kier molecular flexibility index (Phi) is 8.67. The fraction of sp³-hybridized carbons (Fsp3) is 0.250. The largest absolute Gasteiger partial charge is 0.493 e. The van der Waals surface area contributed by atoms with E-state index in [1.807, 2.05) is 20.8 Å². The standard InChI is InChI=1S/C28H29N5O7S/c1-28(2,3)18-10-12-19(13-11-18)41(36,37)33-24-23(40-21-9-6-5-8-20(21)38-4)27(39-17-14-22(34)35)32-26(31-24)25-29-15-7-16-30-25/h5-13,15-16H,14,17H2,1-4H3,(H,34,35)(H,31,32,33). The molecule has 41 heavy (non-hydrogen) atoms. The normalized spacial score (nSPS) is 11.5. The molecule has 0 bridgehead atoms. The van der Waals surface area contributed by atoms with Gasteiger partial charge in [0.15, 0.2) is 23.1 Å². The molecule has 214 valence electrons. The van der Waals surface area contributed by atoms with Crippen LogP contribution in [0.5, 0.6) is 23.1 Å². The second kappa shape index (κ2) is 12.2. The van der Waals surface area contributed by atoms with Gasteiger partial charge < -0.3 is 19.3 Å². The summed E-state index contributed by atoms with van der Waals surface area (Å²) in [6.45, 7) is 5.78. The fourth-order valence-electron chi connectivity index (χ4n) is 3.57. The first-order valence-electron chi connectivity index (χ1n) is 12.5. The zero-order chi connectivity index (χ0) is 29.6. The van der Waals surface area contributed by atoms with Crippen molar-refractivity contribution in [3.63, 3.8) is 0 Å². The summed E-state index contributed by atoms with van der Waals surface area (Å²) in [5.74, 6) is -1.27. The Morgan fingerprint density at radius 2 is 1.59 bits per heavy atom. The summed E-state index contributed by atoms with van der Waals surface area (Å²) in [6.07, 6.45) is 2.59. The number of nitrogens with one attached hydrogen (secondary N) is 1. The molecule has 0 amide bonds. The second-order valence-corrected chi connectivity index (χ2v) is 11.4. The number of ether oxygens (including phenoxy) is 3. The first kappa shape index (κ1) is 29.2. The fourth-order valence-corrected chi connectivity index (χ4v) is 4.58. The van der Waals surface area contributed by atoms with Gasteiger partial charge in [-0.15, -0.1) is 0 Å². The SMILES string of the molecule is COc1ccccc1Oc1c(NS(=O)(=O)c2ccc(C(C)(C)C)cc2)nc(-c2ncccn2)nc1OCCC(=O)O. The lowest BCUT2D eigenvalue weighted by molar-refractivity contribution is -0.137. The molecule has 0 atom stereocenters. The van der Waals surface area contributed by atoms with Gasteiger partial charge in [-0.2, -0.15) is 4.98 Å². The number of anilines is 1. The van der Waals surface area contributed by atoms with E-state index in [0.29, 0.717) is 5.75 Å². The number of aromatic nitrogens is 4. The number of rotatable bonds is 11. The van der Waals surface area contributed by atoms with Gasteiger partial charge in [0.25, 0.3) is 15.9 Å². The van der Waals surface area contributed by atoms with Crippen molar-refractivity contribution in [1.29, 1.82) is 0 Å². The van der Waals surface area contributed by atoms with Gasteiger partial charge in [0.2, 0.25) is 11.6 Å². The monoisotopic (exact) mass is 579 g/mol. The van der Waals surface area contributed by atoms with Crippen LogP contribution in [0.25, 0.3) is 11.6 Å². The molecule has 0 aliphatic heterocycles. The summed E-state index contributed by atoms with van der Waals surface area (Å²) in [4.78, 5) is 28.2. The first-order chi connectivity index (χ1) is 19.5. The average molecular weight is 580 g/mol. The van der Waals surface area contributed by atoms with E-state index in [0.717, 1.165) is 5.56 Å². The van der Waals surface area contributed by atoms with Crippen LogP contribution in [0.2, 0.25) is 0 Å². The predicted octanol–water partition coefficient (Wildman–Crippen LogP) is 4.69. The number of sulfonamides is 1. The quantitative estimate of drug-likeness (QED) is 0.253. The maximum absolute atomic E-state index is 13.6. The van der Waals surface area contributed by atoms with E-state index in [4.69, 9.17) is 19.3 Å². The molecule has 0 aliphatic carbocycles. The van der Waals surface area contributed by atoms with E-state index in [9.17, 15) is 13.2 Å². The molecule has 0 unspecified atom stereocenters. The van der Waals surface area contributed by atoms with E-state index in [1.54, 1.807) is 42.5 Å². The van der Waals surface area contributed by atoms with Gasteiger partial charge in [-0.25, -0.2) is 23.4 Å². The van der Waals surface area contributed by atoms with Gasteiger partial charge in [-0.05, 0) is 41.3 Å². The van der Waals surface area contributed by atoms with Crippen LogP contribution >= 0.6 is 0 Å². The van der Waals surface area contributed by atoms with Gasteiger partial charge in [0, 0.05) is 12.4 Å². The number of aliphatic carboxylic acids is 1. The van der Waals surface area contributed by atoms with Crippen molar-refractivity contribution in [3.05, 3.63) is 72.6 Å². The van der Waals surface area contributed by atoms with Crippen molar-refractivity contribution in [2.45, 2.75) is 37.5 Å². The van der Waals surface area contributed by atoms with Gasteiger partial charge in [0.05, 0.1) is 18.4 Å². The van der Waals surface area contributed by atoms with Gasteiger partial charge >= 0.3 is 5.97 Å². The van der Waals surface area contributed by atoms with E-state index in [1.165, 1.54) is 31.6 Å². The summed E-state index contributed by atoms with van der Waals surface area (Å²) in [6, 6.07) is 14.7. The Morgan fingerprint density at radius 1 is 0.927 bits per heavy atom. The number of benzene rings is 2. The molecule has 2 aromatic heterocycles. The van der Waals surface area contributed by atoms with Crippen LogP contribution in [0.1, 0.15) is 32.8 Å². The van der Waals surface area contributed by atoms with Crippen LogP contribution in [0, 0.1) is 0 Å². The Balaban J connectivity index is 1.85. The Hall–Kier alpha value is -4.78. The molecular formula is C28H29N5O7S. The molecule has 4 rings (SSSR count). The number of methoxy groups -OCH3 is 1. The van der Waals surface area contributed by atoms with Crippen LogP contribution in [0.4, 0.5) is 5.82 Å². The molecule has 2 heterocycles. The van der Waals surface area contributed by atoms with E-state index in [-0.39, 0.29) is 58.2 Å². The van der Waals surface area contributed by atoms with Crippen molar-refractivity contribution < 1.29 is 32.5 Å². The maximum atomic E-state index is 13.6. The molecule has 0 fully saturated rings. The maximum Gasteiger partial charge on any atom is 0.306 e. The minimum absolute atomic E-state index is 0.0155. The summed E-state index contributed by atoms with van der Waals surface area (Å²) in [5, 5.41) is 9.13. The van der Waals surface area contributed by atoms with E-state index >= 15 is 0 Å². The summed E-state index contributed by atoms with van der Waals surface area (Å²) >= 11 is 0. The van der Waals surface area contributed by atoms with Gasteiger partial charge in [0.1, 0.15) is 6.61 Å². The van der Waals surface area contributed by atoms with Crippen LogP contribution in [-0.2, 0) is 20.2 Å². The lowest BCUT2D eigenvalue weighted by Gasteiger charge is -2.20. The lowest BCUT2D eigenvalue weighted by Crippen LogP contribution is -2.17. The Bertz CT molecular complexity index is 1620. The number of carbonyl (C=O) groups is 1. The highest BCUT2D eigenvalue weighted by molar-refractivity contribution is 7.92. The van der Waals surface area contributed by atoms with E-state index < -0.39 is 16.0 Å². The number of carboxylic acids is 1. The topological polar surface area (TPSA) is 163 Å².